The molecule has 0 radical (unpaired) electrons. The minimum absolute atomic E-state index is 0.0765. The molecule has 0 aliphatic carbocycles. The van der Waals surface area contributed by atoms with Crippen molar-refractivity contribution in [3.8, 4) is 5.75 Å². The molecule has 0 heterocycles. The van der Waals surface area contributed by atoms with Gasteiger partial charge in [0.25, 0.3) is 0 Å². The van der Waals surface area contributed by atoms with Gasteiger partial charge in [-0.3, -0.25) is 9.59 Å². The molecule has 5 nitrogen and oxygen atoms in total. The standard InChI is InChI=1S/C16H24N2O3/c1-4-18(12-15(19)17-13(2)3)16(20)10-11-21-14-8-6-5-7-9-14/h5-9,13H,4,10-12H2,1-3H3,(H,17,19). The maximum atomic E-state index is 12.1. The number of hydrogen-bond acceptors (Lipinski definition) is 3. The Morgan fingerprint density at radius 2 is 1.90 bits per heavy atom. The first-order valence-corrected chi connectivity index (χ1v) is 7.28. The summed E-state index contributed by atoms with van der Waals surface area (Å²) in [5.41, 5.74) is 0. The zero-order chi connectivity index (χ0) is 15.7. The third-order valence-electron chi connectivity index (χ3n) is 2.85. The van der Waals surface area contributed by atoms with E-state index in [4.69, 9.17) is 4.74 Å². The van der Waals surface area contributed by atoms with Gasteiger partial charge in [0.1, 0.15) is 5.75 Å². The lowest BCUT2D eigenvalue weighted by Crippen LogP contribution is -2.42. The van der Waals surface area contributed by atoms with Crippen molar-refractivity contribution in [2.24, 2.45) is 0 Å². The van der Waals surface area contributed by atoms with Gasteiger partial charge in [-0.05, 0) is 32.9 Å². The second-order valence-electron chi connectivity index (χ2n) is 5.04. The summed E-state index contributed by atoms with van der Waals surface area (Å²) in [4.78, 5) is 25.3. The van der Waals surface area contributed by atoms with Crippen LogP contribution in [-0.2, 0) is 9.59 Å². The lowest BCUT2D eigenvalue weighted by Gasteiger charge is -2.21. The molecule has 1 N–H and O–H groups in total. The van der Waals surface area contributed by atoms with Crippen molar-refractivity contribution in [2.75, 3.05) is 19.7 Å². The molecule has 0 aromatic heterocycles. The van der Waals surface area contributed by atoms with Crippen molar-refractivity contribution in [3.63, 3.8) is 0 Å². The Bertz CT molecular complexity index is 446. The molecule has 0 aliphatic rings. The summed E-state index contributed by atoms with van der Waals surface area (Å²) in [6.45, 7) is 6.56. The smallest absolute Gasteiger partial charge is 0.239 e. The largest absolute Gasteiger partial charge is 0.493 e. The zero-order valence-electron chi connectivity index (χ0n) is 13.0. The number of likely N-dealkylation sites (N-methyl/N-ethyl adjacent to an activating group) is 1. The highest BCUT2D eigenvalue weighted by Gasteiger charge is 2.15. The average molecular weight is 292 g/mol. The predicted molar refractivity (Wildman–Crippen MR) is 82.1 cm³/mol. The van der Waals surface area contributed by atoms with Crippen LogP contribution >= 0.6 is 0 Å². The molecule has 0 atom stereocenters. The zero-order valence-corrected chi connectivity index (χ0v) is 13.0. The quantitative estimate of drug-likeness (QED) is 0.795. The second-order valence-corrected chi connectivity index (χ2v) is 5.04. The van der Waals surface area contributed by atoms with Crippen molar-refractivity contribution >= 4 is 11.8 Å². The molecule has 1 aromatic carbocycles. The summed E-state index contributed by atoms with van der Waals surface area (Å²) in [5, 5.41) is 2.78. The van der Waals surface area contributed by atoms with Gasteiger partial charge in [-0.25, -0.2) is 0 Å². The summed E-state index contributed by atoms with van der Waals surface area (Å²) >= 11 is 0. The number of nitrogens with one attached hydrogen (secondary N) is 1. The Morgan fingerprint density at radius 1 is 1.24 bits per heavy atom. The van der Waals surface area contributed by atoms with E-state index in [1.165, 1.54) is 4.90 Å². The van der Waals surface area contributed by atoms with E-state index in [2.05, 4.69) is 5.32 Å². The Hall–Kier alpha value is -2.04. The monoisotopic (exact) mass is 292 g/mol. The van der Waals surface area contributed by atoms with Gasteiger partial charge in [0, 0.05) is 12.6 Å². The number of para-hydroxylation sites is 1. The SMILES string of the molecule is CCN(CC(=O)NC(C)C)C(=O)CCOc1ccccc1. The Labute approximate surface area is 126 Å². The van der Waals surface area contributed by atoms with E-state index >= 15 is 0 Å². The number of carbonyl (C=O) groups is 2. The van der Waals surface area contributed by atoms with Gasteiger partial charge in [0.15, 0.2) is 0 Å². The van der Waals surface area contributed by atoms with E-state index in [1.807, 2.05) is 51.1 Å². The Balaban J connectivity index is 2.35. The molecule has 116 valence electrons. The van der Waals surface area contributed by atoms with E-state index in [0.717, 1.165) is 5.75 Å². The van der Waals surface area contributed by atoms with Gasteiger partial charge >= 0.3 is 0 Å². The highest BCUT2D eigenvalue weighted by molar-refractivity contribution is 5.84. The first kappa shape index (κ1) is 17.0. The molecule has 0 saturated heterocycles. The van der Waals surface area contributed by atoms with Crippen LogP contribution in [0.3, 0.4) is 0 Å². The Kier molecular flexibility index (Phi) is 7.29. The number of rotatable bonds is 8. The third kappa shape index (κ3) is 6.79. The van der Waals surface area contributed by atoms with Crippen LogP contribution in [0.1, 0.15) is 27.2 Å². The molecule has 0 spiro atoms. The predicted octanol–water partition coefficient (Wildman–Crippen LogP) is 1.83. The van der Waals surface area contributed by atoms with Crippen LogP contribution in [0, 0.1) is 0 Å². The van der Waals surface area contributed by atoms with Crippen LogP contribution in [-0.4, -0.2) is 42.5 Å². The summed E-state index contributed by atoms with van der Waals surface area (Å²) in [7, 11) is 0. The number of hydrogen-bond donors (Lipinski definition) is 1. The average Bonchev–Trinajstić information content (AvgIpc) is 2.45. The summed E-state index contributed by atoms with van der Waals surface area (Å²) < 4.78 is 5.49. The van der Waals surface area contributed by atoms with E-state index in [1.54, 1.807) is 0 Å². The molecule has 0 bridgehead atoms. The maximum Gasteiger partial charge on any atom is 0.239 e. The Morgan fingerprint density at radius 3 is 2.48 bits per heavy atom. The first-order chi connectivity index (χ1) is 10.0. The van der Waals surface area contributed by atoms with Crippen molar-refractivity contribution < 1.29 is 14.3 Å². The van der Waals surface area contributed by atoms with Crippen LogP contribution in [0.15, 0.2) is 30.3 Å². The van der Waals surface area contributed by atoms with Crippen molar-refractivity contribution in [3.05, 3.63) is 30.3 Å². The molecule has 0 fully saturated rings. The fraction of sp³-hybridized carbons (Fsp3) is 0.500. The van der Waals surface area contributed by atoms with Gasteiger partial charge in [-0.1, -0.05) is 18.2 Å². The number of amides is 2. The number of benzene rings is 1. The molecule has 21 heavy (non-hydrogen) atoms. The van der Waals surface area contributed by atoms with Crippen molar-refractivity contribution in [2.45, 2.75) is 33.2 Å². The second kappa shape index (κ2) is 9.00. The molecule has 2 amide bonds. The van der Waals surface area contributed by atoms with Crippen LogP contribution in [0.5, 0.6) is 5.75 Å². The van der Waals surface area contributed by atoms with Gasteiger partial charge in [0.05, 0.1) is 19.6 Å². The van der Waals surface area contributed by atoms with E-state index in [0.29, 0.717) is 13.2 Å². The maximum absolute atomic E-state index is 12.1. The summed E-state index contributed by atoms with van der Waals surface area (Å²) in [6, 6.07) is 9.44. The molecular formula is C16H24N2O3. The third-order valence-corrected chi connectivity index (χ3v) is 2.85. The summed E-state index contributed by atoms with van der Waals surface area (Å²) in [5.74, 6) is 0.530. The highest BCUT2D eigenvalue weighted by Crippen LogP contribution is 2.08. The highest BCUT2D eigenvalue weighted by atomic mass is 16.5. The van der Waals surface area contributed by atoms with Crippen LogP contribution in [0.4, 0.5) is 0 Å². The van der Waals surface area contributed by atoms with E-state index in [9.17, 15) is 9.59 Å². The molecule has 0 saturated carbocycles. The number of nitrogens with zero attached hydrogens (tertiary/aromatic N) is 1. The van der Waals surface area contributed by atoms with Gasteiger partial charge in [0.2, 0.25) is 11.8 Å². The molecule has 0 aliphatic heterocycles. The minimum Gasteiger partial charge on any atom is -0.493 e. The normalized spacial score (nSPS) is 10.3. The fourth-order valence-electron chi connectivity index (χ4n) is 1.85. The van der Waals surface area contributed by atoms with E-state index < -0.39 is 0 Å². The lowest BCUT2D eigenvalue weighted by molar-refractivity contribution is -0.136. The van der Waals surface area contributed by atoms with E-state index in [-0.39, 0.29) is 30.8 Å². The van der Waals surface area contributed by atoms with Crippen LogP contribution in [0.2, 0.25) is 0 Å². The van der Waals surface area contributed by atoms with Crippen LogP contribution < -0.4 is 10.1 Å². The fourth-order valence-corrected chi connectivity index (χ4v) is 1.85. The molecule has 1 aromatic rings. The van der Waals surface area contributed by atoms with Crippen LogP contribution in [0.25, 0.3) is 0 Å². The molecule has 1 rings (SSSR count). The van der Waals surface area contributed by atoms with Crippen molar-refractivity contribution in [1.82, 2.24) is 10.2 Å². The minimum atomic E-state index is -0.135. The van der Waals surface area contributed by atoms with Gasteiger partial charge in [-0.15, -0.1) is 0 Å². The molecule has 5 heteroatoms. The number of ether oxygens (including phenoxy) is 1. The molecule has 0 unspecified atom stereocenters. The number of carbonyl (C=O) groups excluding carboxylic acids is 2. The van der Waals surface area contributed by atoms with Gasteiger partial charge in [-0.2, -0.15) is 0 Å². The topological polar surface area (TPSA) is 58.6 Å². The summed E-state index contributed by atoms with van der Waals surface area (Å²) in [6.07, 6.45) is 0.262. The molecular weight excluding hydrogens is 268 g/mol. The van der Waals surface area contributed by atoms with Crippen molar-refractivity contribution in [1.29, 1.82) is 0 Å². The van der Waals surface area contributed by atoms with Gasteiger partial charge < -0.3 is 15.0 Å². The lowest BCUT2D eigenvalue weighted by atomic mass is 10.3. The first-order valence-electron chi connectivity index (χ1n) is 7.28.